The molecule has 3 aromatic heterocycles. The standard InChI is InChI=1S/C25H25N3O4S/c1-15-12-22(27-24(29)21-4-3-11-32-21)33-23(15)25(30)28-9-7-16(8-10-28)19-14-26-20-6-5-17(31-2)13-18(19)20/h3-6,11-14,16,26H,7-10H2,1-2H3,(H,27,29). The number of amides is 2. The number of hydrogen-bond acceptors (Lipinski definition) is 5. The predicted octanol–water partition coefficient (Wildman–Crippen LogP) is 5.41. The number of fused-ring (bicyclic) bond motifs is 1. The third kappa shape index (κ3) is 4.14. The number of H-pyrrole nitrogens is 1. The molecule has 2 amide bonds. The Balaban J connectivity index is 1.26. The Kier molecular flexibility index (Phi) is 5.68. The van der Waals surface area contributed by atoms with Gasteiger partial charge in [-0.3, -0.25) is 9.59 Å². The van der Waals surface area contributed by atoms with Crippen molar-refractivity contribution in [2.24, 2.45) is 0 Å². The van der Waals surface area contributed by atoms with Crippen molar-refractivity contribution in [2.45, 2.75) is 25.7 Å². The number of likely N-dealkylation sites (tertiary alicyclic amines) is 1. The Morgan fingerprint density at radius 1 is 1.21 bits per heavy atom. The molecule has 8 heteroatoms. The van der Waals surface area contributed by atoms with Crippen LogP contribution < -0.4 is 10.1 Å². The van der Waals surface area contributed by atoms with Crippen LogP contribution in [0.25, 0.3) is 10.9 Å². The topological polar surface area (TPSA) is 87.6 Å². The van der Waals surface area contributed by atoms with Crippen molar-refractivity contribution < 1.29 is 18.7 Å². The number of aryl methyl sites for hydroxylation is 1. The molecule has 5 rings (SSSR count). The molecule has 0 aliphatic carbocycles. The van der Waals surface area contributed by atoms with Gasteiger partial charge in [-0.05, 0) is 73.2 Å². The van der Waals surface area contributed by atoms with Crippen LogP contribution in [0.4, 0.5) is 5.00 Å². The van der Waals surface area contributed by atoms with Crippen LogP contribution in [0.1, 0.15) is 50.1 Å². The van der Waals surface area contributed by atoms with Gasteiger partial charge in [-0.2, -0.15) is 0 Å². The molecule has 1 aliphatic heterocycles. The van der Waals surface area contributed by atoms with Gasteiger partial charge < -0.3 is 24.4 Å². The molecule has 1 saturated heterocycles. The molecule has 1 aromatic carbocycles. The number of carbonyl (C=O) groups is 2. The number of nitrogens with one attached hydrogen (secondary N) is 2. The summed E-state index contributed by atoms with van der Waals surface area (Å²) in [5.74, 6) is 1.18. The molecule has 0 unspecified atom stereocenters. The lowest BCUT2D eigenvalue weighted by Crippen LogP contribution is -2.37. The number of rotatable bonds is 5. The van der Waals surface area contributed by atoms with Gasteiger partial charge in [0, 0.05) is 30.2 Å². The number of benzene rings is 1. The lowest BCUT2D eigenvalue weighted by atomic mass is 9.89. The monoisotopic (exact) mass is 463 g/mol. The number of carbonyl (C=O) groups excluding carboxylic acids is 2. The van der Waals surface area contributed by atoms with Crippen molar-refractivity contribution >= 4 is 39.1 Å². The number of hydrogen-bond donors (Lipinski definition) is 2. The van der Waals surface area contributed by atoms with Crippen molar-refractivity contribution in [1.29, 1.82) is 0 Å². The molecule has 33 heavy (non-hydrogen) atoms. The molecule has 0 spiro atoms. The highest BCUT2D eigenvalue weighted by Gasteiger charge is 2.28. The minimum absolute atomic E-state index is 0.0232. The van der Waals surface area contributed by atoms with Crippen LogP contribution in [-0.2, 0) is 0 Å². The summed E-state index contributed by atoms with van der Waals surface area (Å²) in [6, 6.07) is 11.2. The molecule has 170 valence electrons. The van der Waals surface area contributed by atoms with Crippen LogP contribution >= 0.6 is 11.3 Å². The molecule has 1 aliphatic rings. The zero-order valence-corrected chi connectivity index (χ0v) is 19.3. The molecule has 0 saturated carbocycles. The number of methoxy groups -OCH3 is 1. The fourth-order valence-corrected chi connectivity index (χ4v) is 5.50. The van der Waals surface area contributed by atoms with Crippen LogP contribution in [0.2, 0.25) is 0 Å². The van der Waals surface area contributed by atoms with E-state index in [0.717, 1.165) is 29.7 Å². The van der Waals surface area contributed by atoms with Gasteiger partial charge in [0.1, 0.15) is 5.75 Å². The van der Waals surface area contributed by atoms with Gasteiger partial charge in [0.05, 0.1) is 23.3 Å². The smallest absolute Gasteiger partial charge is 0.291 e. The number of thiophene rings is 1. The molecule has 4 heterocycles. The number of aromatic nitrogens is 1. The van der Waals surface area contributed by atoms with Crippen molar-refractivity contribution in [3.8, 4) is 5.75 Å². The Hall–Kier alpha value is -3.52. The Morgan fingerprint density at radius 2 is 2.03 bits per heavy atom. The first-order valence-corrected chi connectivity index (χ1v) is 11.7. The Morgan fingerprint density at radius 3 is 2.76 bits per heavy atom. The van der Waals surface area contributed by atoms with E-state index >= 15 is 0 Å². The first kappa shape index (κ1) is 21.3. The average molecular weight is 464 g/mol. The summed E-state index contributed by atoms with van der Waals surface area (Å²) < 4.78 is 10.5. The maximum absolute atomic E-state index is 13.2. The van der Waals surface area contributed by atoms with E-state index in [9.17, 15) is 9.59 Å². The van der Waals surface area contributed by atoms with Crippen molar-refractivity contribution in [3.63, 3.8) is 0 Å². The summed E-state index contributed by atoms with van der Waals surface area (Å²) in [5.41, 5.74) is 3.25. The zero-order valence-electron chi connectivity index (χ0n) is 18.5. The quantitative estimate of drug-likeness (QED) is 0.414. The van der Waals surface area contributed by atoms with Crippen molar-refractivity contribution in [2.75, 3.05) is 25.5 Å². The third-order valence-electron chi connectivity index (χ3n) is 6.24. The van der Waals surface area contributed by atoms with Crippen LogP contribution in [0, 0.1) is 6.92 Å². The number of nitrogens with zero attached hydrogens (tertiary/aromatic N) is 1. The molecule has 4 aromatic rings. The van der Waals surface area contributed by atoms with Gasteiger partial charge in [0.15, 0.2) is 5.76 Å². The van der Waals surface area contributed by atoms with Gasteiger partial charge in [-0.15, -0.1) is 11.3 Å². The predicted molar refractivity (Wildman–Crippen MR) is 128 cm³/mol. The molecule has 0 atom stereocenters. The van der Waals surface area contributed by atoms with E-state index in [4.69, 9.17) is 9.15 Å². The molecule has 7 nitrogen and oxygen atoms in total. The van der Waals surface area contributed by atoms with Crippen molar-refractivity contribution in [1.82, 2.24) is 9.88 Å². The highest BCUT2D eigenvalue weighted by molar-refractivity contribution is 7.18. The first-order valence-electron chi connectivity index (χ1n) is 10.9. The summed E-state index contributed by atoms with van der Waals surface area (Å²) in [7, 11) is 1.68. The summed E-state index contributed by atoms with van der Waals surface area (Å²) in [4.78, 5) is 31.4. The van der Waals surface area contributed by atoms with Gasteiger partial charge in [-0.1, -0.05) is 0 Å². The lowest BCUT2D eigenvalue weighted by Gasteiger charge is -2.32. The van der Waals surface area contributed by atoms with Gasteiger partial charge in [0.2, 0.25) is 0 Å². The third-order valence-corrected chi connectivity index (χ3v) is 7.38. The van der Waals surface area contributed by atoms with E-state index in [-0.39, 0.29) is 17.6 Å². The fraction of sp³-hybridized carbons (Fsp3) is 0.280. The highest BCUT2D eigenvalue weighted by Crippen LogP contribution is 2.36. The average Bonchev–Trinajstić information content (AvgIpc) is 3.58. The van der Waals surface area contributed by atoms with Gasteiger partial charge in [-0.25, -0.2) is 0 Å². The SMILES string of the molecule is COc1ccc2[nH]cc(C3CCN(C(=O)c4sc(NC(=O)c5ccco5)cc4C)CC3)c2c1. The Labute approximate surface area is 195 Å². The van der Waals surface area contributed by atoms with Gasteiger partial charge in [0.25, 0.3) is 11.8 Å². The fourth-order valence-electron chi connectivity index (χ4n) is 4.46. The summed E-state index contributed by atoms with van der Waals surface area (Å²) in [5, 5.41) is 4.64. The number of aromatic amines is 1. The second kappa shape index (κ2) is 8.78. The van der Waals surface area contributed by atoms with E-state index in [1.54, 1.807) is 19.2 Å². The van der Waals surface area contributed by atoms with E-state index < -0.39 is 0 Å². The molecule has 0 bridgehead atoms. The number of ether oxygens (including phenoxy) is 1. The molecular formula is C25H25N3O4S. The molecule has 2 N–H and O–H groups in total. The zero-order chi connectivity index (χ0) is 22.9. The number of furan rings is 1. The Bertz CT molecular complexity index is 1300. The van der Waals surface area contributed by atoms with E-state index in [2.05, 4.69) is 22.6 Å². The van der Waals surface area contributed by atoms with E-state index in [1.165, 1.54) is 28.5 Å². The van der Waals surface area contributed by atoms with Crippen molar-refractivity contribution in [3.05, 3.63) is 70.6 Å². The summed E-state index contributed by atoms with van der Waals surface area (Å²) in [6.45, 7) is 3.30. The number of piperidine rings is 1. The van der Waals surface area contributed by atoms with Crippen LogP contribution in [0.5, 0.6) is 5.75 Å². The molecule has 0 radical (unpaired) electrons. The summed E-state index contributed by atoms with van der Waals surface area (Å²) in [6.07, 6.45) is 5.36. The maximum atomic E-state index is 13.2. The summed E-state index contributed by atoms with van der Waals surface area (Å²) >= 11 is 1.31. The highest BCUT2D eigenvalue weighted by atomic mass is 32.1. The second-order valence-corrected chi connectivity index (χ2v) is 9.33. The van der Waals surface area contributed by atoms with Crippen LogP contribution in [-0.4, -0.2) is 41.9 Å². The lowest BCUT2D eigenvalue weighted by molar-refractivity contribution is 0.0717. The first-order chi connectivity index (χ1) is 16.0. The van der Waals surface area contributed by atoms with Crippen LogP contribution in [0.3, 0.4) is 0 Å². The normalized spacial score (nSPS) is 14.5. The number of anilines is 1. The minimum atomic E-state index is -0.323. The van der Waals surface area contributed by atoms with E-state index in [1.807, 2.05) is 30.0 Å². The van der Waals surface area contributed by atoms with Crippen LogP contribution in [0.15, 0.2) is 53.3 Å². The molecule has 1 fully saturated rings. The minimum Gasteiger partial charge on any atom is -0.497 e. The largest absolute Gasteiger partial charge is 0.497 e. The maximum Gasteiger partial charge on any atom is 0.291 e. The van der Waals surface area contributed by atoms with E-state index in [0.29, 0.717) is 28.9 Å². The second-order valence-electron chi connectivity index (χ2n) is 8.28. The van der Waals surface area contributed by atoms with Gasteiger partial charge >= 0.3 is 0 Å². The molecular weight excluding hydrogens is 438 g/mol.